The SMILES string of the molecule is COc1cccc(S(=O)(=O)N(CCC(=O)NO)c2ccc(Cl)cc2)c1. The molecule has 0 spiro atoms. The largest absolute Gasteiger partial charge is 0.497 e. The number of hydroxylamine groups is 1. The van der Waals surface area contributed by atoms with Crippen molar-refractivity contribution >= 4 is 33.2 Å². The number of nitrogens with one attached hydrogen (secondary N) is 1. The van der Waals surface area contributed by atoms with Crippen molar-refractivity contribution in [3.8, 4) is 5.75 Å². The number of anilines is 1. The Kier molecular flexibility index (Phi) is 6.24. The third kappa shape index (κ3) is 4.62. The van der Waals surface area contributed by atoms with Gasteiger partial charge in [0.15, 0.2) is 0 Å². The molecule has 0 atom stereocenters. The molecule has 0 bridgehead atoms. The number of methoxy groups -OCH3 is 1. The quantitative estimate of drug-likeness (QED) is 0.564. The van der Waals surface area contributed by atoms with Gasteiger partial charge in [-0.05, 0) is 36.4 Å². The van der Waals surface area contributed by atoms with E-state index < -0.39 is 15.9 Å². The Labute approximate surface area is 150 Å². The summed E-state index contributed by atoms with van der Waals surface area (Å²) < 4.78 is 32.2. The Balaban J connectivity index is 2.44. The first kappa shape index (κ1) is 19.0. The van der Waals surface area contributed by atoms with Crippen LogP contribution in [0.15, 0.2) is 53.4 Å². The molecule has 0 heterocycles. The summed E-state index contributed by atoms with van der Waals surface area (Å²) in [6.07, 6.45) is -0.220. The Morgan fingerprint density at radius 3 is 2.52 bits per heavy atom. The molecule has 0 fully saturated rings. The second-order valence-electron chi connectivity index (χ2n) is 5.02. The molecule has 0 saturated carbocycles. The Hall–Kier alpha value is -2.29. The molecule has 2 aromatic carbocycles. The molecule has 0 unspecified atom stereocenters. The number of rotatable bonds is 7. The van der Waals surface area contributed by atoms with E-state index in [1.54, 1.807) is 24.3 Å². The van der Waals surface area contributed by atoms with Crippen LogP contribution in [-0.2, 0) is 14.8 Å². The van der Waals surface area contributed by atoms with E-state index in [0.717, 1.165) is 4.31 Å². The molecule has 0 aliphatic carbocycles. The number of carbonyl (C=O) groups is 1. The van der Waals surface area contributed by atoms with Crippen LogP contribution in [0.5, 0.6) is 5.75 Å². The summed E-state index contributed by atoms with van der Waals surface area (Å²) in [5.74, 6) is -0.301. The molecule has 2 aromatic rings. The van der Waals surface area contributed by atoms with Crippen molar-refractivity contribution in [2.24, 2.45) is 0 Å². The van der Waals surface area contributed by atoms with Crippen molar-refractivity contribution < 1.29 is 23.2 Å². The van der Waals surface area contributed by atoms with Gasteiger partial charge in [-0.15, -0.1) is 0 Å². The van der Waals surface area contributed by atoms with Gasteiger partial charge in [0, 0.05) is 24.1 Å². The first-order chi connectivity index (χ1) is 11.9. The van der Waals surface area contributed by atoms with Crippen LogP contribution < -0.4 is 14.5 Å². The van der Waals surface area contributed by atoms with Crippen molar-refractivity contribution in [2.75, 3.05) is 18.0 Å². The number of carbonyl (C=O) groups excluding carboxylic acids is 1. The standard InChI is InChI=1S/C16H17ClN2O5S/c1-24-14-3-2-4-15(11-14)25(22,23)19(10-9-16(20)18-21)13-7-5-12(17)6-8-13/h2-8,11,21H,9-10H2,1H3,(H,18,20). The predicted octanol–water partition coefficient (Wildman–Crippen LogP) is 2.44. The molecule has 0 aliphatic heterocycles. The highest BCUT2D eigenvalue weighted by atomic mass is 35.5. The first-order valence-corrected chi connectivity index (χ1v) is 9.05. The van der Waals surface area contributed by atoms with Crippen molar-refractivity contribution in [3.05, 3.63) is 53.6 Å². The number of nitrogens with zero attached hydrogens (tertiary/aromatic N) is 1. The number of hydrogen-bond donors (Lipinski definition) is 2. The van der Waals surface area contributed by atoms with Gasteiger partial charge in [0.25, 0.3) is 10.0 Å². The lowest BCUT2D eigenvalue weighted by atomic mass is 10.3. The predicted molar refractivity (Wildman–Crippen MR) is 93.5 cm³/mol. The van der Waals surface area contributed by atoms with Crippen LogP contribution in [0.4, 0.5) is 5.69 Å². The zero-order chi connectivity index (χ0) is 18.4. The summed E-state index contributed by atoms with van der Waals surface area (Å²) in [6, 6.07) is 12.2. The minimum Gasteiger partial charge on any atom is -0.497 e. The average molecular weight is 385 g/mol. The van der Waals surface area contributed by atoms with Gasteiger partial charge in [-0.2, -0.15) is 0 Å². The molecule has 2 N–H and O–H groups in total. The minimum atomic E-state index is -3.95. The van der Waals surface area contributed by atoms with E-state index in [-0.39, 0.29) is 17.9 Å². The van der Waals surface area contributed by atoms with Crippen molar-refractivity contribution in [3.63, 3.8) is 0 Å². The fourth-order valence-electron chi connectivity index (χ4n) is 2.14. The Bertz CT molecular complexity index is 840. The second-order valence-corrected chi connectivity index (χ2v) is 7.32. The molecule has 1 amide bonds. The number of benzene rings is 2. The first-order valence-electron chi connectivity index (χ1n) is 7.24. The highest BCUT2D eigenvalue weighted by Gasteiger charge is 2.26. The number of halogens is 1. The van der Waals surface area contributed by atoms with Crippen LogP contribution in [0, 0.1) is 0 Å². The molecule has 0 aliphatic rings. The molecule has 2 rings (SSSR count). The van der Waals surface area contributed by atoms with Crippen molar-refractivity contribution in [1.82, 2.24) is 5.48 Å². The van der Waals surface area contributed by atoms with E-state index in [2.05, 4.69) is 0 Å². The van der Waals surface area contributed by atoms with Crippen LogP contribution in [0.3, 0.4) is 0 Å². The van der Waals surface area contributed by atoms with Crippen molar-refractivity contribution in [2.45, 2.75) is 11.3 Å². The molecule has 0 radical (unpaired) electrons. The molecule has 134 valence electrons. The fourth-order valence-corrected chi connectivity index (χ4v) is 3.77. The molecular weight excluding hydrogens is 368 g/mol. The Morgan fingerprint density at radius 2 is 1.92 bits per heavy atom. The minimum absolute atomic E-state index is 0.0196. The van der Waals surface area contributed by atoms with Crippen LogP contribution >= 0.6 is 11.6 Å². The van der Waals surface area contributed by atoms with E-state index in [1.807, 2.05) is 0 Å². The summed E-state index contributed by atoms with van der Waals surface area (Å²) in [6.45, 7) is -0.159. The van der Waals surface area contributed by atoms with E-state index in [0.29, 0.717) is 16.5 Å². The van der Waals surface area contributed by atoms with E-state index >= 15 is 0 Å². The van der Waals surface area contributed by atoms with Crippen molar-refractivity contribution in [1.29, 1.82) is 0 Å². The zero-order valence-electron chi connectivity index (χ0n) is 13.3. The summed E-state index contributed by atoms with van der Waals surface area (Å²) in [7, 11) is -2.52. The molecule has 9 heteroatoms. The smallest absolute Gasteiger partial charge is 0.264 e. The lowest BCUT2D eigenvalue weighted by molar-refractivity contribution is -0.128. The van der Waals surface area contributed by atoms with Gasteiger partial charge in [0.2, 0.25) is 5.91 Å². The normalized spacial score (nSPS) is 11.0. The topological polar surface area (TPSA) is 95.9 Å². The summed E-state index contributed by atoms with van der Waals surface area (Å²) in [4.78, 5) is 11.4. The van der Waals surface area contributed by atoms with Gasteiger partial charge in [-0.1, -0.05) is 17.7 Å². The fraction of sp³-hybridized carbons (Fsp3) is 0.188. The molecule has 7 nitrogen and oxygen atoms in total. The monoisotopic (exact) mass is 384 g/mol. The number of sulfonamides is 1. The zero-order valence-corrected chi connectivity index (χ0v) is 14.9. The lowest BCUT2D eigenvalue weighted by Gasteiger charge is -2.24. The Morgan fingerprint density at radius 1 is 1.24 bits per heavy atom. The highest BCUT2D eigenvalue weighted by molar-refractivity contribution is 7.92. The van der Waals surface area contributed by atoms with Crippen LogP contribution in [0.1, 0.15) is 6.42 Å². The van der Waals surface area contributed by atoms with Crippen LogP contribution in [0.2, 0.25) is 5.02 Å². The van der Waals surface area contributed by atoms with Crippen LogP contribution in [-0.4, -0.2) is 33.2 Å². The van der Waals surface area contributed by atoms with Gasteiger partial charge < -0.3 is 4.74 Å². The van der Waals surface area contributed by atoms with E-state index in [4.69, 9.17) is 21.5 Å². The van der Waals surface area contributed by atoms with Gasteiger partial charge >= 0.3 is 0 Å². The molecule has 0 aromatic heterocycles. The maximum Gasteiger partial charge on any atom is 0.264 e. The van der Waals surface area contributed by atoms with E-state index in [9.17, 15) is 13.2 Å². The van der Waals surface area contributed by atoms with Gasteiger partial charge in [-0.3, -0.25) is 14.3 Å². The summed E-state index contributed by atoms with van der Waals surface area (Å²) >= 11 is 5.86. The second kappa shape index (κ2) is 8.19. The van der Waals surface area contributed by atoms with Crippen LogP contribution in [0.25, 0.3) is 0 Å². The number of hydrogen-bond acceptors (Lipinski definition) is 5. The average Bonchev–Trinajstić information content (AvgIpc) is 2.63. The lowest BCUT2D eigenvalue weighted by Crippen LogP contribution is -2.34. The molecular formula is C16H17ClN2O5S. The summed E-state index contributed by atoms with van der Waals surface area (Å²) in [5.41, 5.74) is 1.83. The molecule has 0 saturated heterocycles. The van der Waals surface area contributed by atoms with Gasteiger partial charge in [-0.25, -0.2) is 13.9 Å². The van der Waals surface area contributed by atoms with Gasteiger partial charge in [0.1, 0.15) is 5.75 Å². The molecule has 25 heavy (non-hydrogen) atoms. The third-order valence-corrected chi connectivity index (χ3v) is 5.49. The highest BCUT2D eigenvalue weighted by Crippen LogP contribution is 2.27. The third-order valence-electron chi connectivity index (χ3n) is 3.41. The maximum atomic E-state index is 13.0. The van der Waals surface area contributed by atoms with E-state index in [1.165, 1.54) is 36.9 Å². The summed E-state index contributed by atoms with van der Waals surface area (Å²) in [5, 5.41) is 9.10. The number of ether oxygens (including phenoxy) is 1. The van der Waals surface area contributed by atoms with Gasteiger partial charge in [0.05, 0.1) is 17.7 Å². The number of amides is 1. The maximum absolute atomic E-state index is 13.0.